The molecular formula is C13H14N2O3. The number of aromatic nitrogens is 2. The number of benzene rings is 1. The fraction of sp³-hybridized carbons (Fsp3) is 0.231. The highest BCUT2D eigenvalue weighted by Crippen LogP contribution is 2.12. The molecular weight excluding hydrogens is 232 g/mol. The molecule has 0 unspecified atom stereocenters. The van der Waals surface area contributed by atoms with Crippen LogP contribution in [-0.2, 0) is 6.54 Å². The van der Waals surface area contributed by atoms with E-state index in [4.69, 9.17) is 9.84 Å². The van der Waals surface area contributed by atoms with Crippen molar-refractivity contribution in [1.29, 1.82) is 0 Å². The van der Waals surface area contributed by atoms with E-state index < -0.39 is 5.97 Å². The lowest BCUT2D eigenvalue weighted by Gasteiger charge is -2.06. The lowest BCUT2D eigenvalue weighted by Crippen LogP contribution is -2.05. The second kappa shape index (κ2) is 5.86. The molecule has 2 aromatic rings. The molecule has 0 aliphatic rings. The van der Waals surface area contributed by atoms with Crippen LogP contribution in [0.2, 0.25) is 0 Å². The quantitative estimate of drug-likeness (QED) is 0.792. The summed E-state index contributed by atoms with van der Waals surface area (Å²) >= 11 is 0. The van der Waals surface area contributed by atoms with Gasteiger partial charge in [-0.3, -0.25) is 4.68 Å². The maximum absolute atomic E-state index is 10.7. The molecule has 0 amide bonds. The predicted octanol–water partition coefficient (Wildman–Crippen LogP) is 2.05. The first-order valence-corrected chi connectivity index (χ1v) is 5.69. The van der Waals surface area contributed by atoms with Crippen LogP contribution in [-0.4, -0.2) is 27.5 Å². The molecule has 5 heteroatoms. The number of ether oxygens (including phenoxy) is 1. The first-order valence-electron chi connectivity index (χ1n) is 5.69. The van der Waals surface area contributed by atoms with E-state index in [-0.39, 0.29) is 5.56 Å². The average molecular weight is 246 g/mol. The van der Waals surface area contributed by atoms with Crippen molar-refractivity contribution in [2.24, 2.45) is 0 Å². The van der Waals surface area contributed by atoms with Crippen molar-refractivity contribution < 1.29 is 14.6 Å². The standard InChI is InChI=1S/C13H14N2O3/c16-13(17)11-3-5-12(6-4-11)18-10-2-9-15-8-1-7-14-15/h1,3-8H,2,9-10H2,(H,16,17). The van der Waals surface area contributed by atoms with Gasteiger partial charge in [-0.15, -0.1) is 0 Å². The number of aryl methyl sites for hydroxylation is 1. The molecule has 0 aliphatic heterocycles. The van der Waals surface area contributed by atoms with Crippen LogP contribution in [0.25, 0.3) is 0 Å². The minimum absolute atomic E-state index is 0.263. The third-order valence-electron chi connectivity index (χ3n) is 2.46. The van der Waals surface area contributed by atoms with Crippen LogP contribution in [0.4, 0.5) is 0 Å². The molecule has 0 atom stereocenters. The first-order chi connectivity index (χ1) is 8.75. The molecule has 1 aromatic carbocycles. The number of nitrogens with zero attached hydrogens (tertiary/aromatic N) is 2. The smallest absolute Gasteiger partial charge is 0.335 e. The van der Waals surface area contributed by atoms with Crippen LogP contribution in [0, 0.1) is 0 Å². The van der Waals surface area contributed by atoms with Crippen LogP contribution in [0.3, 0.4) is 0 Å². The van der Waals surface area contributed by atoms with Gasteiger partial charge < -0.3 is 9.84 Å². The highest BCUT2D eigenvalue weighted by molar-refractivity contribution is 5.87. The molecule has 1 aromatic heterocycles. The number of carboxylic acid groups (broad SMARTS) is 1. The molecule has 0 saturated carbocycles. The number of hydrogen-bond donors (Lipinski definition) is 1. The molecule has 0 radical (unpaired) electrons. The topological polar surface area (TPSA) is 64.3 Å². The van der Waals surface area contributed by atoms with E-state index in [1.54, 1.807) is 18.3 Å². The van der Waals surface area contributed by atoms with Crippen molar-refractivity contribution in [3.05, 3.63) is 48.3 Å². The van der Waals surface area contributed by atoms with Gasteiger partial charge in [0.25, 0.3) is 0 Å². The number of carboxylic acids is 1. The van der Waals surface area contributed by atoms with Crippen molar-refractivity contribution >= 4 is 5.97 Å². The van der Waals surface area contributed by atoms with Gasteiger partial charge in [0.2, 0.25) is 0 Å². The minimum Gasteiger partial charge on any atom is -0.494 e. The SMILES string of the molecule is O=C(O)c1ccc(OCCCn2cccn2)cc1. The van der Waals surface area contributed by atoms with Crippen LogP contribution >= 0.6 is 0 Å². The molecule has 0 bridgehead atoms. The normalized spacial score (nSPS) is 10.2. The summed E-state index contributed by atoms with van der Waals surface area (Å²) in [5.74, 6) is -0.249. The monoisotopic (exact) mass is 246 g/mol. The molecule has 2 rings (SSSR count). The van der Waals surface area contributed by atoms with Crippen LogP contribution in [0.15, 0.2) is 42.7 Å². The summed E-state index contributed by atoms with van der Waals surface area (Å²) in [6.07, 6.45) is 4.50. The van der Waals surface area contributed by atoms with Gasteiger partial charge in [0, 0.05) is 25.4 Å². The third kappa shape index (κ3) is 3.35. The van der Waals surface area contributed by atoms with Crippen LogP contribution in [0.5, 0.6) is 5.75 Å². The van der Waals surface area contributed by atoms with Gasteiger partial charge in [-0.25, -0.2) is 4.79 Å². The third-order valence-corrected chi connectivity index (χ3v) is 2.46. The van der Waals surface area contributed by atoms with Gasteiger partial charge in [-0.2, -0.15) is 5.10 Å². The van der Waals surface area contributed by atoms with Gasteiger partial charge in [0.15, 0.2) is 0 Å². The summed E-state index contributed by atoms with van der Waals surface area (Å²) in [5.41, 5.74) is 0.263. The zero-order valence-corrected chi connectivity index (χ0v) is 9.82. The molecule has 94 valence electrons. The average Bonchev–Trinajstić information content (AvgIpc) is 2.88. The lowest BCUT2D eigenvalue weighted by atomic mass is 10.2. The molecule has 0 fully saturated rings. The maximum atomic E-state index is 10.7. The van der Waals surface area contributed by atoms with Crippen molar-refractivity contribution in [2.75, 3.05) is 6.61 Å². The Balaban J connectivity index is 1.75. The number of carbonyl (C=O) groups is 1. The van der Waals surface area contributed by atoms with Crippen molar-refractivity contribution in [2.45, 2.75) is 13.0 Å². The molecule has 1 N–H and O–H groups in total. The van der Waals surface area contributed by atoms with Gasteiger partial charge in [-0.05, 0) is 30.3 Å². The summed E-state index contributed by atoms with van der Waals surface area (Å²) in [4.78, 5) is 10.7. The van der Waals surface area contributed by atoms with Gasteiger partial charge in [-0.1, -0.05) is 0 Å². The summed E-state index contributed by atoms with van der Waals surface area (Å²) in [7, 11) is 0. The van der Waals surface area contributed by atoms with Crippen molar-refractivity contribution in [3.8, 4) is 5.75 Å². The lowest BCUT2D eigenvalue weighted by molar-refractivity contribution is 0.0697. The number of rotatable bonds is 6. The van der Waals surface area contributed by atoms with E-state index >= 15 is 0 Å². The van der Waals surface area contributed by atoms with Gasteiger partial charge >= 0.3 is 5.97 Å². The predicted molar refractivity (Wildman–Crippen MR) is 65.7 cm³/mol. The fourth-order valence-electron chi connectivity index (χ4n) is 1.54. The Hall–Kier alpha value is -2.30. The molecule has 0 saturated heterocycles. The van der Waals surface area contributed by atoms with E-state index in [2.05, 4.69) is 5.10 Å². The molecule has 5 nitrogen and oxygen atoms in total. The summed E-state index contributed by atoms with van der Waals surface area (Å²) in [5, 5.41) is 12.8. The van der Waals surface area contributed by atoms with Crippen LogP contribution < -0.4 is 4.74 Å². The highest BCUT2D eigenvalue weighted by atomic mass is 16.5. The van der Waals surface area contributed by atoms with E-state index in [9.17, 15) is 4.79 Å². The second-order valence-electron chi connectivity index (χ2n) is 3.80. The Labute approximate surface area is 105 Å². The van der Waals surface area contributed by atoms with E-state index in [0.29, 0.717) is 12.4 Å². The number of hydrogen-bond acceptors (Lipinski definition) is 3. The van der Waals surface area contributed by atoms with E-state index in [1.807, 2.05) is 16.9 Å². The first kappa shape index (κ1) is 12.2. The van der Waals surface area contributed by atoms with Gasteiger partial charge in [0.1, 0.15) is 5.75 Å². The summed E-state index contributed by atoms with van der Waals surface area (Å²) in [6.45, 7) is 1.38. The Morgan fingerprint density at radius 2 is 2.11 bits per heavy atom. The fourth-order valence-corrected chi connectivity index (χ4v) is 1.54. The second-order valence-corrected chi connectivity index (χ2v) is 3.80. The summed E-state index contributed by atoms with van der Waals surface area (Å²) in [6, 6.07) is 8.27. The molecule has 1 heterocycles. The zero-order chi connectivity index (χ0) is 12.8. The maximum Gasteiger partial charge on any atom is 0.335 e. The molecule has 0 aliphatic carbocycles. The Morgan fingerprint density at radius 3 is 2.72 bits per heavy atom. The van der Waals surface area contributed by atoms with Crippen LogP contribution in [0.1, 0.15) is 16.8 Å². The number of aromatic carboxylic acids is 1. The minimum atomic E-state index is -0.930. The Bertz CT molecular complexity index is 491. The highest BCUT2D eigenvalue weighted by Gasteiger charge is 2.01. The molecule has 0 spiro atoms. The Morgan fingerprint density at radius 1 is 1.33 bits per heavy atom. The molecule has 18 heavy (non-hydrogen) atoms. The van der Waals surface area contributed by atoms with Crippen molar-refractivity contribution in [1.82, 2.24) is 9.78 Å². The van der Waals surface area contributed by atoms with E-state index in [0.717, 1.165) is 13.0 Å². The van der Waals surface area contributed by atoms with Crippen molar-refractivity contribution in [3.63, 3.8) is 0 Å². The zero-order valence-electron chi connectivity index (χ0n) is 9.82. The van der Waals surface area contributed by atoms with Gasteiger partial charge in [0.05, 0.1) is 12.2 Å². The Kier molecular flexibility index (Phi) is 3.96. The van der Waals surface area contributed by atoms with E-state index in [1.165, 1.54) is 12.1 Å². The largest absolute Gasteiger partial charge is 0.494 e. The summed E-state index contributed by atoms with van der Waals surface area (Å²) < 4.78 is 7.35.